The maximum Gasteiger partial charge on any atom is 0.306 e. The minimum atomic E-state index is -0.544. The zero-order valence-corrected chi connectivity index (χ0v) is 48.5. The number of carbonyl (C=O) groups excluding carboxylic acids is 2. The number of carbonyl (C=O) groups is 2. The Hall–Kier alpha value is -2.40. The van der Waals surface area contributed by atoms with E-state index < -0.39 is 6.10 Å². The van der Waals surface area contributed by atoms with E-state index in [1.807, 2.05) is 0 Å². The molecular weight excluding hydrogens is 885 g/mol. The number of hydrogen-bond donors (Lipinski definition) is 0. The minimum absolute atomic E-state index is 0.0813. The summed E-state index contributed by atoms with van der Waals surface area (Å²) in [6, 6.07) is 0. The second-order valence-corrected chi connectivity index (χ2v) is 21.3. The van der Waals surface area contributed by atoms with Crippen LogP contribution in [0.5, 0.6) is 0 Å². The van der Waals surface area contributed by atoms with Gasteiger partial charge in [0.25, 0.3) is 0 Å². The molecule has 0 saturated heterocycles. The summed E-state index contributed by atoms with van der Waals surface area (Å²) < 4.78 is 17.6. The molecule has 0 radical (unpaired) electrons. The lowest BCUT2D eigenvalue weighted by molar-refractivity contribution is -0.163. The number of hydrogen-bond acceptors (Lipinski definition) is 5. The van der Waals surface area contributed by atoms with Gasteiger partial charge in [-0.25, -0.2) is 0 Å². The third kappa shape index (κ3) is 60.2. The summed E-state index contributed by atoms with van der Waals surface area (Å²) in [6.07, 6.45) is 81.1. The Morgan fingerprint density at radius 3 is 0.958 bits per heavy atom. The molecule has 0 aromatic rings. The first-order valence-corrected chi connectivity index (χ1v) is 31.8. The lowest BCUT2D eigenvalue weighted by atomic mass is 10.1. The van der Waals surface area contributed by atoms with Crippen LogP contribution in [0.15, 0.2) is 60.8 Å². The Morgan fingerprint density at radius 1 is 0.306 bits per heavy atom. The van der Waals surface area contributed by atoms with Crippen LogP contribution in [0.25, 0.3) is 0 Å². The highest BCUT2D eigenvalue weighted by molar-refractivity contribution is 5.70. The molecule has 0 bridgehead atoms. The number of unbranched alkanes of at least 4 members (excludes halogenated alkanes) is 38. The van der Waals surface area contributed by atoms with E-state index in [0.29, 0.717) is 19.4 Å². The Kier molecular flexibility index (Phi) is 60.8. The maximum atomic E-state index is 12.9. The lowest BCUT2D eigenvalue weighted by Gasteiger charge is -2.18. The van der Waals surface area contributed by atoms with Crippen LogP contribution >= 0.6 is 0 Å². The summed E-state index contributed by atoms with van der Waals surface area (Å²) in [5.41, 5.74) is 0. The van der Waals surface area contributed by atoms with Crippen LogP contribution in [0.1, 0.15) is 329 Å². The summed E-state index contributed by atoms with van der Waals surface area (Å²) in [5, 5.41) is 0. The molecule has 0 aliphatic rings. The van der Waals surface area contributed by atoms with Crippen LogP contribution in [-0.4, -0.2) is 37.9 Å². The van der Waals surface area contributed by atoms with Crippen LogP contribution in [-0.2, 0) is 23.8 Å². The fraction of sp³-hybridized carbons (Fsp3) is 0.821. The van der Waals surface area contributed by atoms with Crippen molar-refractivity contribution < 1.29 is 23.8 Å². The molecule has 0 fully saturated rings. The van der Waals surface area contributed by atoms with E-state index in [9.17, 15) is 9.59 Å². The number of rotatable bonds is 59. The van der Waals surface area contributed by atoms with E-state index in [0.717, 1.165) is 51.4 Å². The molecule has 0 spiro atoms. The second kappa shape index (κ2) is 62.9. The quantitative estimate of drug-likeness (QED) is 0.0345. The topological polar surface area (TPSA) is 61.8 Å². The van der Waals surface area contributed by atoms with Gasteiger partial charge in [-0.1, -0.05) is 268 Å². The Balaban J connectivity index is 4.28. The van der Waals surface area contributed by atoms with Crippen LogP contribution in [0.4, 0.5) is 0 Å². The Morgan fingerprint density at radius 2 is 0.583 bits per heavy atom. The van der Waals surface area contributed by atoms with Crippen molar-refractivity contribution in [2.24, 2.45) is 0 Å². The molecule has 1 unspecified atom stereocenters. The molecule has 0 aromatic carbocycles. The van der Waals surface area contributed by atoms with Gasteiger partial charge >= 0.3 is 11.9 Å². The van der Waals surface area contributed by atoms with Crippen molar-refractivity contribution in [3.05, 3.63) is 60.8 Å². The van der Waals surface area contributed by atoms with Crippen molar-refractivity contribution in [3.8, 4) is 0 Å². The molecule has 0 N–H and O–H groups in total. The van der Waals surface area contributed by atoms with Gasteiger partial charge in [0.05, 0.1) is 6.61 Å². The van der Waals surface area contributed by atoms with E-state index in [1.54, 1.807) is 0 Å². The molecule has 0 amide bonds. The number of esters is 2. The zero-order chi connectivity index (χ0) is 52.0. The van der Waals surface area contributed by atoms with Gasteiger partial charge in [0.2, 0.25) is 0 Å². The highest BCUT2D eigenvalue weighted by atomic mass is 16.6. The van der Waals surface area contributed by atoms with Crippen LogP contribution in [0, 0.1) is 0 Å². The molecule has 0 aliphatic carbocycles. The number of allylic oxidation sites excluding steroid dienone is 10. The summed E-state index contributed by atoms with van der Waals surface area (Å²) in [5.74, 6) is -0.392. The van der Waals surface area contributed by atoms with Crippen molar-refractivity contribution in [3.63, 3.8) is 0 Å². The third-order valence-corrected chi connectivity index (χ3v) is 14.0. The van der Waals surface area contributed by atoms with Gasteiger partial charge < -0.3 is 14.2 Å². The van der Waals surface area contributed by atoms with E-state index in [2.05, 4.69) is 81.5 Å². The average Bonchev–Trinajstić information content (AvgIpc) is 3.38. The van der Waals surface area contributed by atoms with E-state index in [1.165, 1.54) is 244 Å². The Labute approximate surface area is 449 Å². The molecule has 0 saturated carbocycles. The van der Waals surface area contributed by atoms with Crippen LogP contribution in [0.3, 0.4) is 0 Å². The Bertz CT molecular complexity index is 1230. The first-order chi connectivity index (χ1) is 35.6. The summed E-state index contributed by atoms with van der Waals surface area (Å²) >= 11 is 0. The summed E-state index contributed by atoms with van der Waals surface area (Å²) in [4.78, 5) is 25.6. The SMILES string of the molecule is CCCCC/C=C\C/C=C\CCCCCCCCCCCC(=O)OCC(COCCCCCCCCCC/C=C\C/C=C\CCCCC)OC(=O)CCCCCCCCCCC/C=C\CCCCCCCC. The minimum Gasteiger partial charge on any atom is -0.462 e. The molecule has 0 rings (SSSR count). The fourth-order valence-electron chi connectivity index (χ4n) is 9.21. The molecule has 1 atom stereocenters. The third-order valence-electron chi connectivity index (χ3n) is 14.0. The molecule has 0 aliphatic heterocycles. The average molecular weight is 1010 g/mol. The second-order valence-electron chi connectivity index (χ2n) is 21.3. The van der Waals surface area contributed by atoms with Crippen molar-refractivity contribution in [1.29, 1.82) is 0 Å². The van der Waals surface area contributed by atoms with Crippen molar-refractivity contribution >= 4 is 11.9 Å². The predicted molar refractivity (Wildman–Crippen MR) is 316 cm³/mol. The predicted octanol–water partition coefficient (Wildman–Crippen LogP) is 22.0. The van der Waals surface area contributed by atoms with Crippen molar-refractivity contribution in [2.45, 2.75) is 335 Å². The standard InChI is InChI=1S/C67H122O5/c1-4-7-10-13-16-19-22-25-28-31-34-36-39-42-45-48-51-54-57-60-66(68)71-64-65(63-70-62-59-56-53-50-47-44-41-38-33-30-27-24-21-18-15-12-9-6-3)72-67(69)61-58-55-52-49-46-43-40-37-35-32-29-26-23-20-17-14-11-8-5-2/h16,18-19,21,25-30,65H,4-15,17,20,22-24,31-64H2,1-3H3/b19-16-,21-18-,28-25-,29-26-,30-27-. The highest BCUT2D eigenvalue weighted by Crippen LogP contribution is 2.16. The van der Waals surface area contributed by atoms with Gasteiger partial charge in [-0.2, -0.15) is 0 Å². The van der Waals surface area contributed by atoms with Gasteiger partial charge in [-0.15, -0.1) is 0 Å². The molecule has 0 heterocycles. The van der Waals surface area contributed by atoms with E-state index >= 15 is 0 Å². The smallest absolute Gasteiger partial charge is 0.306 e. The fourth-order valence-corrected chi connectivity index (χ4v) is 9.21. The zero-order valence-electron chi connectivity index (χ0n) is 48.5. The largest absolute Gasteiger partial charge is 0.462 e. The normalized spacial score (nSPS) is 12.5. The monoisotopic (exact) mass is 1010 g/mol. The summed E-state index contributed by atoms with van der Waals surface area (Å²) in [7, 11) is 0. The van der Waals surface area contributed by atoms with Crippen LogP contribution in [0.2, 0.25) is 0 Å². The first kappa shape index (κ1) is 69.6. The van der Waals surface area contributed by atoms with Crippen molar-refractivity contribution in [2.75, 3.05) is 19.8 Å². The molecule has 420 valence electrons. The van der Waals surface area contributed by atoms with Gasteiger partial charge in [-0.3, -0.25) is 9.59 Å². The van der Waals surface area contributed by atoms with Crippen molar-refractivity contribution in [1.82, 2.24) is 0 Å². The van der Waals surface area contributed by atoms with Crippen LogP contribution < -0.4 is 0 Å². The van der Waals surface area contributed by atoms with Gasteiger partial charge in [0, 0.05) is 19.4 Å². The maximum absolute atomic E-state index is 12.9. The molecule has 5 nitrogen and oxygen atoms in total. The molecule has 0 aromatic heterocycles. The van der Waals surface area contributed by atoms with E-state index in [-0.39, 0.29) is 25.2 Å². The summed E-state index contributed by atoms with van der Waals surface area (Å²) in [6.45, 7) is 7.81. The molecule has 5 heteroatoms. The molecule has 72 heavy (non-hydrogen) atoms. The first-order valence-electron chi connectivity index (χ1n) is 31.8. The highest BCUT2D eigenvalue weighted by Gasteiger charge is 2.18. The number of ether oxygens (including phenoxy) is 3. The molecular formula is C67H122O5. The van der Waals surface area contributed by atoms with Gasteiger partial charge in [0.1, 0.15) is 6.61 Å². The van der Waals surface area contributed by atoms with Gasteiger partial charge in [0.15, 0.2) is 6.10 Å². The van der Waals surface area contributed by atoms with E-state index in [4.69, 9.17) is 14.2 Å². The van der Waals surface area contributed by atoms with Gasteiger partial charge in [-0.05, 0) is 109 Å². The lowest BCUT2D eigenvalue weighted by Crippen LogP contribution is -2.30.